The van der Waals surface area contributed by atoms with Crippen LogP contribution in [0, 0.1) is 0 Å². The Labute approximate surface area is 135 Å². The van der Waals surface area contributed by atoms with Crippen molar-refractivity contribution < 1.29 is 4.79 Å². The normalized spacial score (nSPS) is 10.8. The molecule has 0 aliphatic heterocycles. The Balaban J connectivity index is 1.76. The van der Waals surface area contributed by atoms with Crippen molar-refractivity contribution >= 4 is 50.7 Å². The van der Waals surface area contributed by atoms with Gasteiger partial charge in [-0.2, -0.15) is 0 Å². The summed E-state index contributed by atoms with van der Waals surface area (Å²) in [4.78, 5) is 16.4. The molecule has 3 aromatic rings. The van der Waals surface area contributed by atoms with E-state index in [0.717, 1.165) is 15.8 Å². The topological polar surface area (TPSA) is 42.0 Å². The number of nitrogens with one attached hydrogen (secondary N) is 1. The number of amides is 1. The molecule has 106 valence electrons. The van der Waals surface area contributed by atoms with Gasteiger partial charge in [-0.05, 0) is 29.8 Å². The molecule has 1 aromatic heterocycles. The van der Waals surface area contributed by atoms with Crippen molar-refractivity contribution in [3.8, 4) is 0 Å². The average molecular weight is 337 g/mol. The highest BCUT2D eigenvalue weighted by Crippen LogP contribution is 2.25. The molecule has 0 spiro atoms. The summed E-state index contributed by atoms with van der Waals surface area (Å²) in [6.07, 6.45) is 0. The number of hydrogen-bond acceptors (Lipinski definition) is 3. The fraction of sp³-hybridized carbons (Fsp3) is 0.0667. The van der Waals surface area contributed by atoms with Crippen LogP contribution in [0.5, 0.6) is 0 Å². The second kappa shape index (κ2) is 6.02. The van der Waals surface area contributed by atoms with Crippen LogP contribution >= 0.6 is 34.5 Å². The Morgan fingerprint density at radius 1 is 1.19 bits per heavy atom. The molecular weight excluding hydrogens is 327 g/mol. The molecule has 0 atom stereocenters. The van der Waals surface area contributed by atoms with Gasteiger partial charge in [-0.15, -0.1) is 11.3 Å². The Kier molecular flexibility index (Phi) is 4.10. The summed E-state index contributed by atoms with van der Waals surface area (Å²) in [6, 6.07) is 12.8. The van der Waals surface area contributed by atoms with Gasteiger partial charge in [0.2, 0.25) is 0 Å². The maximum atomic E-state index is 12.1. The third-order valence-corrected chi connectivity index (χ3v) is 4.58. The summed E-state index contributed by atoms with van der Waals surface area (Å²) >= 11 is 13.3. The van der Waals surface area contributed by atoms with Crippen molar-refractivity contribution in [2.75, 3.05) is 0 Å². The zero-order valence-electron chi connectivity index (χ0n) is 10.8. The summed E-state index contributed by atoms with van der Waals surface area (Å²) in [5.41, 5.74) is 1.60. The van der Waals surface area contributed by atoms with Crippen LogP contribution in [0.1, 0.15) is 15.4 Å². The molecule has 3 nitrogen and oxygen atoms in total. The summed E-state index contributed by atoms with van der Waals surface area (Å²) in [7, 11) is 0. The van der Waals surface area contributed by atoms with E-state index in [0.29, 0.717) is 21.6 Å². The molecule has 1 N–H and O–H groups in total. The first-order valence-corrected chi connectivity index (χ1v) is 7.78. The van der Waals surface area contributed by atoms with Gasteiger partial charge in [0.25, 0.3) is 5.91 Å². The molecule has 0 aliphatic rings. The van der Waals surface area contributed by atoms with Crippen LogP contribution in [0.25, 0.3) is 10.2 Å². The lowest BCUT2D eigenvalue weighted by Gasteiger charge is -2.04. The smallest absolute Gasteiger partial charge is 0.280 e. The number of thiazole rings is 1. The van der Waals surface area contributed by atoms with E-state index < -0.39 is 0 Å². The van der Waals surface area contributed by atoms with Gasteiger partial charge in [0.1, 0.15) is 0 Å². The second-order valence-corrected chi connectivity index (χ2v) is 6.28. The zero-order valence-corrected chi connectivity index (χ0v) is 13.1. The van der Waals surface area contributed by atoms with Crippen molar-refractivity contribution in [3.05, 3.63) is 63.1 Å². The molecule has 0 fully saturated rings. The molecular formula is C15H10Cl2N2OS. The van der Waals surface area contributed by atoms with Crippen LogP contribution in [-0.4, -0.2) is 10.9 Å². The minimum absolute atomic E-state index is 0.216. The van der Waals surface area contributed by atoms with E-state index in [9.17, 15) is 4.79 Å². The van der Waals surface area contributed by atoms with Crippen LogP contribution < -0.4 is 5.32 Å². The molecule has 0 radical (unpaired) electrons. The number of halogens is 2. The molecule has 0 aliphatic carbocycles. The fourth-order valence-corrected chi connectivity index (χ4v) is 3.12. The van der Waals surface area contributed by atoms with Gasteiger partial charge in [0, 0.05) is 16.6 Å². The number of carbonyl (C=O) groups is 1. The summed E-state index contributed by atoms with van der Waals surface area (Å²) in [5, 5.41) is 4.48. The summed E-state index contributed by atoms with van der Waals surface area (Å²) in [5.74, 6) is -0.216. The van der Waals surface area contributed by atoms with Crippen molar-refractivity contribution in [1.29, 1.82) is 0 Å². The van der Waals surface area contributed by atoms with Crippen molar-refractivity contribution in [2.45, 2.75) is 6.54 Å². The molecule has 1 amide bonds. The third-order valence-electron chi connectivity index (χ3n) is 2.94. The van der Waals surface area contributed by atoms with Gasteiger partial charge in [0.05, 0.1) is 10.2 Å². The molecule has 1 heterocycles. The number of carbonyl (C=O) groups excluding carboxylic acids is 1. The van der Waals surface area contributed by atoms with Crippen LogP contribution in [0.4, 0.5) is 0 Å². The van der Waals surface area contributed by atoms with E-state index in [2.05, 4.69) is 10.3 Å². The summed E-state index contributed by atoms with van der Waals surface area (Å²) in [6.45, 7) is 0.370. The van der Waals surface area contributed by atoms with Crippen molar-refractivity contribution in [3.63, 3.8) is 0 Å². The number of fused-ring (bicyclic) bond motifs is 1. The first-order chi connectivity index (χ1) is 10.1. The molecule has 2 aromatic carbocycles. The first-order valence-electron chi connectivity index (χ1n) is 6.21. The highest BCUT2D eigenvalue weighted by atomic mass is 35.5. The molecule has 0 saturated heterocycles. The SMILES string of the molecule is O=C(NCc1ccccc1Cl)c1nc2cc(Cl)ccc2s1. The van der Waals surface area contributed by atoms with Crippen LogP contribution in [-0.2, 0) is 6.54 Å². The highest BCUT2D eigenvalue weighted by Gasteiger charge is 2.12. The Bertz CT molecular complexity index is 816. The van der Waals surface area contributed by atoms with Gasteiger partial charge in [-0.25, -0.2) is 4.98 Å². The van der Waals surface area contributed by atoms with Crippen LogP contribution in [0.2, 0.25) is 10.0 Å². The Morgan fingerprint density at radius 2 is 2.00 bits per heavy atom. The predicted octanol–water partition coefficient (Wildman–Crippen LogP) is 4.53. The lowest BCUT2D eigenvalue weighted by molar-refractivity contribution is 0.0951. The minimum Gasteiger partial charge on any atom is -0.346 e. The van der Waals surface area contributed by atoms with E-state index in [1.807, 2.05) is 24.3 Å². The lowest BCUT2D eigenvalue weighted by Crippen LogP contribution is -2.22. The monoisotopic (exact) mass is 336 g/mol. The van der Waals surface area contributed by atoms with E-state index in [-0.39, 0.29) is 5.91 Å². The van der Waals surface area contributed by atoms with Gasteiger partial charge >= 0.3 is 0 Å². The maximum absolute atomic E-state index is 12.1. The van der Waals surface area contributed by atoms with Gasteiger partial charge in [-0.1, -0.05) is 41.4 Å². The highest BCUT2D eigenvalue weighted by molar-refractivity contribution is 7.20. The van der Waals surface area contributed by atoms with Crippen molar-refractivity contribution in [2.24, 2.45) is 0 Å². The van der Waals surface area contributed by atoms with Crippen LogP contribution in [0.15, 0.2) is 42.5 Å². The van der Waals surface area contributed by atoms with E-state index in [1.54, 1.807) is 18.2 Å². The molecule has 0 saturated carbocycles. The molecule has 0 unspecified atom stereocenters. The predicted molar refractivity (Wildman–Crippen MR) is 87.3 cm³/mol. The average Bonchev–Trinajstić information content (AvgIpc) is 2.89. The largest absolute Gasteiger partial charge is 0.346 e. The molecule has 21 heavy (non-hydrogen) atoms. The number of hydrogen-bond donors (Lipinski definition) is 1. The minimum atomic E-state index is -0.216. The van der Waals surface area contributed by atoms with Crippen molar-refractivity contribution in [1.82, 2.24) is 10.3 Å². The Morgan fingerprint density at radius 3 is 2.81 bits per heavy atom. The molecule has 3 rings (SSSR count). The molecule has 0 bridgehead atoms. The lowest BCUT2D eigenvalue weighted by atomic mass is 10.2. The molecule has 6 heteroatoms. The standard InChI is InChI=1S/C15H10Cl2N2OS/c16-10-5-6-13-12(7-10)19-15(21-13)14(20)18-8-9-3-1-2-4-11(9)17/h1-7H,8H2,(H,18,20). The maximum Gasteiger partial charge on any atom is 0.280 e. The Hall–Kier alpha value is -1.62. The number of nitrogens with zero attached hydrogens (tertiary/aromatic N) is 1. The summed E-state index contributed by atoms with van der Waals surface area (Å²) < 4.78 is 0.933. The fourth-order valence-electron chi connectivity index (χ4n) is 1.89. The van der Waals surface area contributed by atoms with E-state index >= 15 is 0 Å². The second-order valence-electron chi connectivity index (χ2n) is 4.41. The van der Waals surface area contributed by atoms with E-state index in [4.69, 9.17) is 23.2 Å². The van der Waals surface area contributed by atoms with Gasteiger partial charge in [-0.3, -0.25) is 4.79 Å². The number of aromatic nitrogens is 1. The first kappa shape index (κ1) is 14.3. The third kappa shape index (κ3) is 3.18. The van der Waals surface area contributed by atoms with E-state index in [1.165, 1.54) is 11.3 Å². The quantitative estimate of drug-likeness (QED) is 0.763. The van der Waals surface area contributed by atoms with Gasteiger partial charge in [0.15, 0.2) is 5.01 Å². The van der Waals surface area contributed by atoms with Crippen LogP contribution in [0.3, 0.4) is 0 Å². The zero-order chi connectivity index (χ0) is 14.8. The van der Waals surface area contributed by atoms with Gasteiger partial charge < -0.3 is 5.32 Å². The number of benzene rings is 2. The number of rotatable bonds is 3.